The molecule has 0 aliphatic rings. The smallest absolute Gasteiger partial charge is 0.309 e. The third kappa shape index (κ3) is 18.6. The van der Waals surface area contributed by atoms with Crippen LogP contribution >= 0.6 is 0 Å². The van der Waals surface area contributed by atoms with Crippen LogP contribution in [0.5, 0.6) is 0 Å². The van der Waals surface area contributed by atoms with Gasteiger partial charge in [-0.2, -0.15) is 0 Å². The summed E-state index contributed by atoms with van der Waals surface area (Å²) in [6, 6.07) is 0. The van der Waals surface area contributed by atoms with Crippen LogP contribution in [0.3, 0.4) is 0 Å². The average Bonchev–Trinajstić information content (AvgIpc) is 2.72. The topological polar surface area (TPSA) is 115 Å². The third-order valence-corrected chi connectivity index (χ3v) is 5.78. The van der Waals surface area contributed by atoms with Gasteiger partial charge in [0.2, 0.25) is 0 Å². The average molecular weight is 442 g/mol. The highest BCUT2D eigenvalue weighted by atomic mass is 16.4. The van der Waals surface area contributed by atoms with Crippen molar-refractivity contribution in [3.63, 3.8) is 0 Å². The maximum atomic E-state index is 11.1. The molecule has 0 aromatic heterocycles. The molecule has 0 aliphatic carbocycles. The van der Waals surface area contributed by atoms with Crippen LogP contribution in [-0.2, 0) is 14.4 Å². The van der Waals surface area contributed by atoms with Crippen LogP contribution in [0.25, 0.3) is 0 Å². The van der Waals surface area contributed by atoms with Gasteiger partial charge in [0.1, 0.15) is 0 Å². The molecule has 2 N–H and O–H groups in total. The van der Waals surface area contributed by atoms with Gasteiger partial charge < -0.3 is 24.6 Å². The first-order valence-corrected chi connectivity index (χ1v) is 11.9. The highest BCUT2D eigenvalue weighted by Gasteiger charge is 2.28. The van der Waals surface area contributed by atoms with E-state index in [1.807, 2.05) is 0 Å². The Bertz CT molecular complexity index is 487. The molecule has 0 aromatic rings. The first kappa shape index (κ1) is 29.1. The predicted molar refractivity (Wildman–Crippen MR) is 119 cm³/mol. The molecule has 0 fully saturated rings. The quantitative estimate of drug-likeness (QED) is 0.150. The second kappa shape index (κ2) is 18.8. The SMILES string of the molecule is CCCC/C=C/CCCCCCCCC[N+](CCC(=O)[O-])(CCC(=O)O)CCC(=O)O. The van der Waals surface area contributed by atoms with Gasteiger partial charge in [0.25, 0.3) is 0 Å². The van der Waals surface area contributed by atoms with Crippen molar-refractivity contribution in [3.05, 3.63) is 12.2 Å². The van der Waals surface area contributed by atoms with Crippen LogP contribution in [0.15, 0.2) is 12.2 Å². The minimum absolute atomic E-state index is 0.0977. The van der Waals surface area contributed by atoms with Gasteiger partial charge in [-0.25, -0.2) is 0 Å². The zero-order chi connectivity index (χ0) is 23.4. The van der Waals surface area contributed by atoms with Gasteiger partial charge in [-0.3, -0.25) is 9.59 Å². The summed E-state index contributed by atoms with van der Waals surface area (Å²) in [7, 11) is 0. The lowest BCUT2D eigenvalue weighted by Gasteiger charge is -2.38. The molecule has 0 unspecified atom stereocenters. The summed E-state index contributed by atoms with van der Waals surface area (Å²) in [5.74, 6) is -3.09. The Morgan fingerprint density at radius 1 is 0.677 bits per heavy atom. The predicted octanol–water partition coefficient (Wildman–Crippen LogP) is 3.76. The largest absolute Gasteiger partial charge is 0.550 e. The Morgan fingerprint density at radius 3 is 1.61 bits per heavy atom. The van der Waals surface area contributed by atoms with E-state index in [4.69, 9.17) is 10.2 Å². The minimum Gasteiger partial charge on any atom is -0.550 e. The third-order valence-electron chi connectivity index (χ3n) is 5.78. The van der Waals surface area contributed by atoms with Crippen LogP contribution in [0.4, 0.5) is 0 Å². The fourth-order valence-electron chi connectivity index (χ4n) is 3.82. The molecule has 7 nitrogen and oxygen atoms in total. The van der Waals surface area contributed by atoms with Crippen molar-refractivity contribution in [2.45, 2.75) is 96.8 Å². The van der Waals surface area contributed by atoms with Crippen molar-refractivity contribution in [1.29, 1.82) is 0 Å². The summed E-state index contributed by atoms with van der Waals surface area (Å²) < 4.78 is 0.219. The van der Waals surface area contributed by atoms with Gasteiger partial charge in [0.05, 0.1) is 39.0 Å². The van der Waals surface area contributed by atoms with Crippen LogP contribution < -0.4 is 5.11 Å². The highest BCUT2D eigenvalue weighted by molar-refractivity contribution is 5.67. The number of allylic oxidation sites excluding steroid dienone is 2. The first-order valence-electron chi connectivity index (χ1n) is 11.9. The Morgan fingerprint density at radius 2 is 1.13 bits per heavy atom. The van der Waals surface area contributed by atoms with Crippen LogP contribution in [0.1, 0.15) is 96.8 Å². The lowest BCUT2D eigenvalue weighted by molar-refractivity contribution is -0.927. The van der Waals surface area contributed by atoms with Crippen molar-refractivity contribution in [2.75, 3.05) is 26.2 Å². The summed E-state index contributed by atoms with van der Waals surface area (Å²) in [6.07, 6.45) is 16.7. The number of carboxylic acid groups (broad SMARTS) is 3. The highest BCUT2D eigenvalue weighted by Crippen LogP contribution is 2.16. The molecule has 0 radical (unpaired) electrons. The van der Waals surface area contributed by atoms with Gasteiger partial charge in [-0.15, -0.1) is 0 Å². The molecule has 0 atom stereocenters. The molecular weight excluding hydrogens is 398 g/mol. The zero-order valence-electron chi connectivity index (χ0n) is 19.4. The first-order chi connectivity index (χ1) is 14.8. The number of aliphatic carboxylic acids is 3. The minimum atomic E-state index is -1.19. The summed E-state index contributed by atoms with van der Waals surface area (Å²) >= 11 is 0. The normalized spacial score (nSPS) is 11.8. The molecule has 0 saturated carbocycles. The molecular formula is C24H43NO6. The molecule has 7 heteroatoms. The summed E-state index contributed by atoms with van der Waals surface area (Å²) in [5.41, 5.74) is 0. The fourth-order valence-corrected chi connectivity index (χ4v) is 3.82. The Kier molecular flexibility index (Phi) is 17.7. The maximum absolute atomic E-state index is 11.1. The number of rotatable bonds is 22. The van der Waals surface area contributed by atoms with E-state index in [0.29, 0.717) is 6.54 Å². The molecule has 0 bridgehead atoms. The molecule has 0 aliphatic heterocycles. The molecule has 0 amide bonds. The molecule has 0 aromatic carbocycles. The summed E-state index contributed by atoms with van der Waals surface area (Å²) in [4.78, 5) is 33.1. The van der Waals surface area contributed by atoms with E-state index in [-0.39, 0.29) is 43.4 Å². The summed E-state index contributed by atoms with van der Waals surface area (Å²) in [6.45, 7) is 3.53. The van der Waals surface area contributed by atoms with Crippen LogP contribution in [-0.4, -0.2) is 58.8 Å². The fraction of sp³-hybridized carbons (Fsp3) is 0.792. The van der Waals surface area contributed by atoms with Crippen molar-refractivity contribution < 1.29 is 34.2 Å². The standard InChI is InChI=1S/C24H43NO6/c1-2-3-4-5-6-7-8-9-10-11-12-13-14-18-25(19-15-22(26)27,20-16-23(28)29)21-17-24(30)31/h5-6H,2-4,7-21H2,1H3,(H2-,26,27,28,29,30,31)/b6-5+. The lowest BCUT2D eigenvalue weighted by atomic mass is 10.1. The van der Waals surface area contributed by atoms with Crippen molar-refractivity contribution in [1.82, 2.24) is 0 Å². The summed E-state index contributed by atoms with van der Waals surface area (Å²) in [5, 5.41) is 29.1. The van der Waals surface area contributed by atoms with Crippen molar-refractivity contribution >= 4 is 17.9 Å². The van der Waals surface area contributed by atoms with Gasteiger partial charge in [0, 0.05) is 12.4 Å². The van der Waals surface area contributed by atoms with E-state index >= 15 is 0 Å². The monoisotopic (exact) mass is 441 g/mol. The lowest BCUT2D eigenvalue weighted by Crippen LogP contribution is -2.53. The van der Waals surface area contributed by atoms with E-state index in [9.17, 15) is 19.5 Å². The van der Waals surface area contributed by atoms with Gasteiger partial charge in [0.15, 0.2) is 0 Å². The van der Waals surface area contributed by atoms with Gasteiger partial charge in [-0.1, -0.05) is 57.6 Å². The Balaban J connectivity index is 4.28. The number of carboxylic acids is 3. The second-order valence-electron chi connectivity index (χ2n) is 8.52. The zero-order valence-corrected chi connectivity index (χ0v) is 19.4. The van der Waals surface area contributed by atoms with Crippen molar-refractivity contribution in [2.24, 2.45) is 0 Å². The molecule has 0 spiro atoms. The van der Waals surface area contributed by atoms with Gasteiger partial charge >= 0.3 is 11.9 Å². The number of carbonyl (C=O) groups is 3. The van der Waals surface area contributed by atoms with E-state index in [1.54, 1.807) is 0 Å². The van der Waals surface area contributed by atoms with Crippen molar-refractivity contribution in [3.8, 4) is 0 Å². The van der Waals surface area contributed by atoms with Crippen LogP contribution in [0, 0.1) is 0 Å². The molecule has 180 valence electrons. The van der Waals surface area contributed by atoms with E-state index < -0.39 is 17.9 Å². The second-order valence-corrected chi connectivity index (χ2v) is 8.52. The van der Waals surface area contributed by atoms with E-state index in [2.05, 4.69) is 19.1 Å². The number of quaternary nitrogens is 1. The molecule has 0 rings (SSSR count). The number of nitrogens with zero attached hydrogens (tertiary/aromatic N) is 1. The number of hydrogen-bond acceptors (Lipinski definition) is 4. The molecule has 0 heterocycles. The Labute approximate surface area is 187 Å². The number of unbranched alkanes of at least 4 members (excludes halogenated alkanes) is 9. The number of carbonyl (C=O) groups excluding carboxylic acids is 1. The van der Waals surface area contributed by atoms with Crippen LogP contribution in [0.2, 0.25) is 0 Å². The molecule has 0 saturated heterocycles. The van der Waals surface area contributed by atoms with Gasteiger partial charge in [-0.05, 0) is 32.1 Å². The Hall–Kier alpha value is -1.89. The van der Waals surface area contributed by atoms with E-state index in [1.165, 1.54) is 38.5 Å². The molecule has 31 heavy (non-hydrogen) atoms. The van der Waals surface area contributed by atoms with E-state index in [0.717, 1.165) is 32.1 Å². The number of hydrogen-bond donors (Lipinski definition) is 2. The maximum Gasteiger partial charge on any atom is 0.309 e.